The molecule has 0 atom stereocenters. The van der Waals surface area contributed by atoms with Crippen LogP contribution in [-0.2, 0) is 6.42 Å². The minimum Gasteiger partial charge on any atom is -0.497 e. The average molecular weight is 276 g/mol. The van der Waals surface area contributed by atoms with Crippen molar-refractivity contribution in [3.05, 3.63) is 64.7 Å². The SMILES string of the molecule is COc1ccc(C(=O)Cc2cccc(F)c2F)c(C)c1. The first kappa shape index (κ1) is 14.2. The molecule has 0 aromatic heterocycles. The number of hydrogen-bond donors (Lipinski definition) is 0. The molecule has 0 aliphatic carbocycles. The number of carbonyl (C=O) groups is 1. The standard InChI is InChI=1S/C16H14F2O2/c1-10-8-12(20-2)6-7-13(10)15(19)9-11-4-3-5-14(17)16(11)18/h3-8H,9H2,1-2H3. The van der Waals surface area contributed by atoms with Gasteiger partial charge in [-0.05, 0) is 42.3 Å². The Bertz CT molecular complexity index is 651. The first-order valence-electron chi connectivity index (χ1n) is 6.13. The summed E-state index contributed by atoms with van der Waals surface area (Å²) in [6, 6.07) is 8.87. The largest absolute Gasteiger partial charge is 0.497 e. The summed E-state index contributed by atoms with van der Waals surface area (Å²) in [5, 5.41) is 0. The van der Waals surface area contributed by atoms with Crippen LogP contribution in [0.25, 0.3) is 0 Å². The maximum Gasteiger partial charge on any atom is 0.167 e. The van der Waals surface area contributed by atoms with Gasteiger partial charge in [0.15, 0.2) is 17.4 Å². The van der Waals surface area contributed by atoms with E-state index in [0.29, 0.717) is 11.3 Å². The lowest BCUT2D eigenvalue weighted by Crippen LogP contribution is -2.08. The summed E-state index contributed by atoms with van der Waals surface area (Å²) in [5.41, 5.74) is 1.28. The van der Waals surface area contributed by atoms with Gasteiger partial charge < -0.3 is 4.74 Å². The molecule has 4 heteroatoms. The Morgan fingerprint density at radius 3 is 2.60 bits per heavy atom. The molecular formula is C16H14F2O2. The third kappa shape index (κ3) is 2.85. The first-order chi connectivity index (χ1) is 9.52. The summed E-state index contributed by atoms with van der Waals surface area (Å²) in [6.07, 6.45) is -0.170. The van der Waals surface area contributed by atoms with Gasteiger partial charge in [0.2, 0.25) is 0 Å². The van der Waals surface area contributed by atoms with Gasteiger partial charge >= 0.3 is 0 Å². The molecule has 0 fully saturated rings. The molecule has 0 saturated carbocycles. The van der Waals surface area contributed by atoms with Crippen LogP contribution in [0, 0.1) is 18.6 Å². The molecule has 2 aromatic carbocycles. The highest BCUT2D eigenvalue weighted by atomic mass is 19.2. The number of ketones is 1. The van der Waals surface area contributed by atoms with Gasteiger partial charge in [-0.3, -0.25) is 4.79 Å². The van der Waals surface area contributed by atoms with Crippen LogP contribution in [0.5, 0.6) is 5.75 Å². The fourth-order valence-electron chi connectivity index (χ4n) is 2.03. The van der Waals surface area contributed by atoms with E-state index < -0.39 is 11.6 Å². The molecule has 0 N–H and O–H groups in total. The van der Waals surface area contributed by atoms with Crippen molar-refractivity contribution < 1.29 is 18.3 Å². The summed E-state index contributed by atoms with van der Waals surface area (Å²) < 4.78 is 31.7. The van der Waals surface area contributed by atoms with Crippen LogP contribution in [0.1, 0.15) is 21.5 Å². The van der Waals surface area contributed by atoms with Crippen molar-refractivity contribution in [2.24, 2.45) is 0 Å². The Labute approximate surface area is 116 Å². The van der Waals surface area contributed by atoms with Gasteiger partial charge in [-0.1, -0.05) is 12.1 Å². The van der Waals surface area contributed by atoms with E-state index in [4.69, 9.17) is 4.74 Å². The van der Waals surface area contributed by atoms with Crippen molar-refractivity contribution in [1.29, 1.82) is 0 Å². The van der Waals surface area contributed by atoms with E-state index in [-0.39, 0.29) is 17.8 Å². The van der Waals surface area contributed by atoms with E-state index in [0.717, 1.165) is 11.6 Å². The van der Waals surface area contributed by atoms with Crippen LogP contribution in [0.4, 0.5) is 8.78 Å². The van der Waals surface area contributed by atoms with Gasteiger partial charge in [0, 0.05) is 12.0 Å². The predicted molar refractivity (Wildman–Crippen MR) is 72.1 cm³/mol. The minimum absolute atomic E-state index is 0.0604. The second-order valence-corrected chi connectivity index (χ2v) is 4.49. The Morgan fingerprint density at radius 2 is 1.95 bits per heavy atom. The molecule has 2 aromatic rings. The molecule has 0 spiro atoms. The number of methoxy groups -OCH3 is 1. The summed E-state index contributed by atoms with van der Waals surface area (Å²) in [4.78, 5) is 12.2. The lowest BCUT2D eigenvalue weighted by molar-refractivity contribution is 0.0991. The van der Waals surface area contributed by atoms with Crippen molar-refractivity contribution in [2.75, 3.05) is 7.11 Å². The number of rotatable bonds is 4. The zero-order valence-corrected chi connectivity index (χ0v) is 11.2. The quantitative estimate of drug-likeness (QED) is 0.796. The second kappa shape index (κ2) is 5.82. The molecule has 0 bridgehead atoms. The van der Waals surface area contributed by atoms with Crippen LogP contribution in [0.3, 0.4) is 0 Å². The highest BCUT2D eigenvalue weighted by Gasteiger charge is 2.15. The molecule has 2 nitrogen and oxygen atoms in total. The highest BCUT2D eigenvalue weighted by Crippen LogP contribution is 2.20. The molecule has 0 amide bonds. The average Bonchev–Trinajstić information content (AvgIpc) is 2.43. The molecule has 0 saturated heterocycles. The molecular weight excluding hydrogens is 262 g/mol. The molecule has 0 heterocycles. The highest BCUT2D eigenvalue weighted by molar-refractivity contribution is 5.98. The molecule has 0 unspecified atom stereocenters. The van der Waals surface area contributed by atoms with Crippen LogP contribution < -0.4 is 4.74 Å². The van der Waals surface area contributed by atoms with Crippen LogP contribution >= 0.6 is 0 Å². The number of Topliss-reactive ketones (excluding diaryl/α,β-unsaturated/α-hetero) is 1. The number of benzene rings is 2. The Balaban J connectivity index is 2.26. The fourth-order valence-corrected chi connectivity index (χ4v) is 2.03. The zero-order valence-electron chi connectivity index (χ0n) is 11.2. The monoisotopic (exact) mass is 276 g/mol. The Hall–Kier alpha value is -2.23. The summed E-state index contributed by atoms with van der Waals surface area (Å²) in [5.74, 6) is -1.51. The third-order valence-electron chi connectivity index (χ3n) is 3.12. The lowest BCUT2D eigenvalue weighted by atomic mass is 9.98. The van der Waals surface area contributed by atoms with Crippen molar-refractivity contribution in [2.45, 2.75) is 13.3 Å². The van der Waals surface area contributed by atoms with Gasteiger partial charge in [-0.2, -0.15) is 0 Å². The lowest BCUT2D eigenvalue weighted by Gasteiger charge is -2.08. The van der Waals surface area contributed by atoms with Gasteiger partial charge in [0.05, 0.1) is 7.11 Å². The molecule has 2 rings (SSSR count). The van der Waals surface area contributed by atoms with E-state index >= 15 is 0 Å². The molecule has 0 radical (unpaired) electrons. The number of halogens is 2. The Kier molecular flexibility index (Phi) is 4.13. The van der Waals surface area contributed by atoms with Crippen molar-refractivity contribution in [1.82, 2.24) is 0 Å². The van der Waals surface area contributed by atoms with E-state index in [9.17, 15) is 13.6 Å². The molecule has 0 aliphatic heterocycles. The first-order valence-corrected chi connectivity index (χ1v) is 6.13. The van der Waals surface area contributed by atoms with Crippen LogP contribution in [-0.4, -0.2) is 12.9 Å². The minimum atomic E-state index is -0.966. The second-order valence-electron chi connectivity index (χ2n) is 4.49. The molecule has 20 heavy (non-hydrogen) atoms. The van der Waals surface area contributed by atoms with E-state index in [2.05, 4.69) is 0 Å². The van der Waals surface area contributed by atoms with Crippen molar-refractivity contribution in [3.63, 3.8) is 0 Å². The molecule has 0 aliphatic rings. The van der Waals surface area contributed by atoms with E-state index in [1.807, 2.05) is 0 Å². The van der Waals surface area contributed by atoms with E-state index in [1.54, 1.807) is 32.2 Å². The number of aryl methyl sites for hydroxylation is 1. The Morgan fingerprint density at radius 1 is 1.20 bits per heavy atom. The van der Waals surface area contributed by atoms with Gasteiger partial charge in [-0.25, -0.2) is 8.78 Å². The maximum absolute atomic E-state index is 13.5. The topological polar surface area (TPSA) is 26.3 Å². The predicted octanol–water partition coefficient (Wildman–Crippen LogP) is 3.71. The van der Waals surface area contributed by atoms with Crippen molar-refractivity contribution in [3.8, 4) is 5.75 Å². The van der Waals surface area contributed by atoms with Gasteiger partial charge in [-0.15, -0.1) is 0 Å². The van der Waals surface area contributed by atoms with Crippen LogP contribution in [0.2, 0.25) is 0 Å². The van der Waals surface area contributed by atoms with Crippen LogP contribution in [0.15, 0.2) is 36.4 Å². The van der Waals surface area contributed by atoms with Gasteiger partial charge in [0.1, 0.15) is 5.75 Å². The normalized spacial score (nSPS) is 10.4. The summed E-state index contributed by atoms with van der Waals surface area (Å²) in [6.45, 7) is 1.78. The van der Waals surface area contributed by atoms with Gasteiger partial charge in [0.25, 0.3) is 0 Å². The fraction of sp³-hybridized carbons (Fsp3) is 0.188. The number of hydrogen-bond acceptors (Lipinski definition) is 2. The maximum atomic E-state index is 13.5. The number of carbonyl (C=O) groups excluding carboxylic acids is 1. The smallest absolute Gasteiger partial charge is 0.167 e. The number of ether oxygens (including phenoxy) is 1. The van der Waals surface area contributed by atoms with Crippen molar-refractivity contribution >= 4 is 5.78 Å². The summed E-state index contributed by atoms with van der Waals surface area (Å²) >= 11 is 0. The summed E-state index contributed by atoms with van der Waals surface area (Å²) in [7, 11) is 1.54. The third-order valence-corrected chi connectivity index (χ3v) is 3.12. The van der Waals surface area contributed by atoms with E-state index in [1.165, 1.54) is 12.1 Å². The zero-order chi connectivity index (χ0) is 14.7. The molecule has 104 valence electrons.